The van der Waals surface area contributed by atoms with Crippen LogP contribution in [-0.4, -0.2) is 64.2 Å². The van der Waals surface area contributed by atoms with Crippen LogP contribution >= 0.6 is 0 Å². The molecule has 2 rings (SSSR count). The van der Waals surface area contributed by atoms with E-state index >= 15 is 0 Å². The normalized spacial score (nSPS) is 13.6. The minimum Gasteiger partial charge on any atom is -0.469 e. The Morgan fingerprint density at radius 1 is 0.976 bits per heavy atom. The van der Waals surface area contributed by atoms with E-state index in [9.17, 15) is 27.9 Å². The highest BCUT2D eigenvalue weighted by Crippen LogP contribution is 2.22. The fraction of sp³-hybridized carbons (Fsp3) is 0.516. The number of anilines is 1. The van der Waals surface area contributed by atoms with Gasteiger partial charge in [-0.3, -0.25) is 18.7 Å². The van der Waals surface area contributed by atoms with Crippen molar-refractivity contribution in [1.82, 2.24) is 10.6 Å². The van der Waals surface area contributed by atoms with Crippen LogP contribution in [0.5, 0.6) is 0 Å². The summed E-state index contributed by atoms with van der Waals surface area (Å²) in [5, 5.41) is 16.8. The van der Waals surface area contributed by atoms with E-state index in [0.717, 1.165) is 4.31 Å². The van der Waals surface area contributed by atoms with Crippen LogP contribution in [-0.2, 0) is 30.1 Å². The number of ether oxygens (including phenoxy) is 1. The summed E-state index contributed by atoms with van der Waals surface area (Å²) in [5.41, 5.74) is 1.26. The molecule has 3 N–H and O–H groups in total. The van der Waals surface area contributed by atoms with Crippen molar-refractivity contribution in [3.05, 3.63) is 65.7 Å². The minimum absolute atomic E-state index is 0.145. The van der Waals surface area contributed by atoms with Crippen molar-refractivity contribution in [3.63, 3.8) is 0 Å². The Hall–Kier alpha value is -3.44. The molecule has 10 nitrogen and oxygen atoms in total. The number of aliphatic hydroxyl groups is 1. The monoisotopic (exact) mass is 603 g/mol. The van der Waals surface area contributed by atoms with Crippen LogP contribution in [0.2, 0.25) is 0 Å². The van der Waals surface area contributed by atoms with Gasteiger partial charge in [0.2, 0.25) is 15.9 Å². The van der Waals surface area contributed by atoms with Gasteiger partial charge >= 0.3 is 5.97 Å². The molecule has 2 amide bonds. The lowest BCUT2D eigenvalue weighted by molar-refractivity contribution is -0.140. The summed E-state index contributed by atoms with van der Waals surface area (Å²) in [4.78, 5) is 37.0. The quantitative estimate of drug-likeness (QED) is 0.185. The van der Waals surface area contributed by atoms with Crippen molar-refractivity contribution in [1.29, 1.82) is 0 Å². The number of hydrogen-bond acceptors (Lipinski definition) is 7. The molecule has 232 valence electrons. The van der Waals surface area contributed by atoms with Gasteiger partial charge in [-0.1, -0.05) is 57.2 Å². The highest BCUT2D eigenvalue weighted by Gasteiger charge is 2.27. The van der Waals surface area contributed by atoms with Gasteiger partial charge in [0.05, 0.1) is 30.7 Å². The molecule has 2 aromatic rings. The van der Waals surface area contributed by atoms with Gasteiger partial charge in [-0.2, -0.15) is 0 Å². The molecule has 0 spiro atoms. The Morgan fingerprint density at radius 2 is 1.67 bits per heavy atom. The molecule has 0 aliphatic carbocycles. The average molecular weight is 604 g/mol. The molecule has 0 aliphatic rings. The number of aliphatic hydroxyl groups excluding tert-OH is 1. The molecule has 0 saturated heterocycles. The molecule has 0 unspecified atom stereocenters. The number of sulfonamides is 1. The van der Waals surface area contributed by atoms with Crippen molar-refractivity contribution in [2.45, 2.75) is 70.8 Å². The van der Waals surface area contributed by atoms with Crippen LogP contribution in [0.3, 0.4) is 0 Å². The Bertz CT molecular complexity index is 1270. The first-order valence-electron chi connectivity index (χ1n) is 14.3. The summed E-state index contributed by atoms with van der Waals surface area (Å²) < 4.78 is 31.8. The number of amides is 2. The number of carbonyl (C=O) groups excluding carboxylic acids is 3. The van der Waals surface area contributed by atoms with Crippen molar-refractivity contribution in [2.75, 3.05) is 25.0 Å². The summed E-state index contributed by atoms with van der Waals surface area (Å²) in [6.07, 6.45) is 1.17. The Labute approximate surface area is 249 Å². The maximum Gasteiger partial charge on any atom is 0.305 e. The largest absolute Gasteiger partial charge is 0.469 e. The summed E-state index contributed by atoms with van der Waals surface area (Å²) in [7, 11) is -0.908. The first kappa shape index (κ1) is 34.8. The van der Waals surface area contributed by atoms with Crippen LogP contribution in [0.15, 0.2) is 54.6 Å². The van der Waals surface area contributed by atoms with Gasteiger partial charge < -0.3 is 20.5 Å². The van der Waals surface area contributed by atoms with Gasteiger partial charge in [-0.05, 0) is 55.4 Å². The fourth-order valence-electron chi connectivity index (χ4n) is 4.47. The summed E-state index contributed by atoms with van der Waals surface area (Å²) in [6, 6.07) is 14.6. The van der Waals surface area contributed by atoms with E-state index < -0.39 is 34.0 Å². The maximum atomic E-state index is 13.2. The number of nitrogens with zero attached hydrogens (tertiary/aromatic N) is 1. The summed E-state index contributed by atoms with van der Waals surface area (Å²) in [6.45, 7) is 6.08. The molecular formula is C31H45N3O7S. The van der Waals surface area contributed by atoms with Crippen LogP contribution in [0.1, 0.15) is 68.8 Å². The fourth-order valence-corrected chi connectivity index (χ4v) is 5.71. The molecule has 0 radical (unpaired) electrons. The average Bonchev–Trinajstić information content (AvgIpc) is 2.95. The van der Waals surface area contributed by atoms with Crippen molar-refractivity contribution < 1.29 is 32.6 Å². The Balaban J connectivity index is 2.02. The van der Waals surface area contributed by atoms with Crippen LogP contribution in [0.25, 0.3) is 0 Å². The van der Waals surface area contributed by atoms with E-state index in [1.807, 2.05) is 19.9 Å². The molecule has 0 aliphatic heterocycles. The number of rotatable bonds is 17. The van der Waals surface area contributed by atoms with Crippen molar-refractivity contribution in [3.8, 4) is 0 Å². The lowest BCUT2D eigenvalue weighted by Crippen LogP contribution is -2.46. The number of esters is 1. The molecule has 0 heterocycles. The van der Waals surface area contributed by atoms with E-state index in [1.54, 1.807) is 49.4 Å². The first-order chi connectivity index (χ1) is 19.8. The molecule has 0 aromatic heterocycles. The number of methoxy groups -OCH3 is 1. The first-order valence-corrected chi connectivity index (χ1v) is 15.9. The second kappa shape index (κ2) is 16.9. The van der Waals surface area contributed by atoms with E-state index in [0.29, 0.717) is 43.5 Å². The lowest BCUT2D eigenvalue weighted by atomic mass is 9.92. The number of benzene rings is 2. The number of carbonyl (C=O) groups is 3. The second-order valence-electron chi connectivity index (χ2n) is 11.0. The molecular weight excluding hydrogens is 558 g/mol. The van der Waals surface area contributed by atoms with Crippen LogP contribution in [0.4, 0.5) is 5.69 Å². The predicted octanol–water partition coefficient (Wildman–Crippen LogP) is 3.64. The van der Waals surface area contributed by atoms with Crippen LogP contribution in [0, 0.1) is 11.8 Å². The van der Waals surface area contributed by atoms with E-state index in [-0.39, 0.29) is 35.5 Å². The van der Waals surface area contributed by atoms with Gasteiger partial charge in [0, 0.05) is 31.5 Å². The van der Waals surface area contributed by atoms with Gasteiger partial charge in [0.25, 0.3) is 5.91 Å². The zero-order valence-electron chi connectivity index (χ0n) is 25.2. The van der Waals surface area contributed by atoms with E-state index in [4.69, 9.17) is 0 Å². The Kier molecular flexibility index (Phi) is 14.0. The topological polar surface area (TPSA) is 142 Å². The van der Waals surface area contributed by atoms with Crippen molar-refractivity contribution in [2.24, 2.45) is 11.8 Å². The molecule has 42 heavy (non-hydrogen) atoms. The smallest absolute Gasteiger partial charge is 0.305 e. The molecule has 0 bridgehead atoms. The lowest BCUT2D eigenvalue weighted by Gasteiger charge is -2.28. The molecule has 3 atom stereocenters. The summed E-state index contributed by atoms with van der Waals surface area (Å²) in [5.74, 6) is -1.47. The minimum atomic E-state index is -3.70. The molecule has 2 aromatic carbocycles. The van der Waals surface area contributed by atoms with Gasteiger partial charge in [-0.15, -0.1) is 0 Å². The predicted molar refractivity (Wildman–Crippen MR) is 163 cm³/mol. The van der Waals surface area contributed by atoms with Gasteiger partial charge in [0.15, 0.2) is 0 Å². The third-order valence-electron chi connectivity index (χ3n) is 6.96. The zero-order valence-corrected chi connectivity index (χ0v) is 26.0. The highest BCUT2D eigenvalue weighted by atomic mass is 32.2. The van der Waals surface area contributed by atoms with Crippen molar-refractivity contribution >= 4 is 33.5 Å². The number of hydrogen-bond donors (Lipinski definition) is 3. The second-order valence-corrected chi connectivity index (χ2v) is 13.0. The Morgan fingerprint density at radius 3 is 2.31 bits per heavy atom. The maximum absolute atomic E-state index is 13.2. The van der Waals surface area contributed by atoms with Gasteiger partial charge in [0.1, 0.15) is 0 Å². The summed E-state index contributed by atoms with van der Waals surface area (Å²) >= 11 is 0. The van der Waals surface area contributed by atoms with Gasteiger partial charge in [-0.25, -0.2) is 8.42 Å². The molecule has 0 saturated carbocycles. The van der Waals surface area contributed by atoms with Crippen LogP contribution < -0.4 is 14.9 Å². The standard InChI is InChI=1S/C31H45N3O7S/c1-22(2)18-27(28(35)19-23(3)30(37)32-17-10-9-16-29(36)41-5)33-31(38)25-14-11-15-26(20-25)34(4)42(39,40)21-24-12-7-6-8-13-24/h6-8,11-15,20,22-23,27-28,35H,9-10,16-19,21H2,1-5H3,(H,32,37)(H,33,38)/t23-,27+,28+/m1/s1. The SMILES string of the molecule is COC(=O)CCCCNC(=O)[C@H](C)C[C@H](O)[C@H](CC(C)C)NC(=O)c1cccc(N(C)S(=O)(=O)Cc2ccccc2)c1. The highest BCUT2D eigenvalue weighted by molar-refractivity contribution is 7.92. The number of unbranched alkanes of at least 4 members (excludes halogenated alkanes) is 1. The molecule has 0 fully saturated rings. The third-order valence-corrected chi connectivity index (χ3v) is 8.71. The zero-order chi connectivity index (χ0) is 31.3. The third kappa shape index (κ3) is 11.4. The molecule has 11 heteroatoms. The van der Waals surface area contributed by atoms with E-state index in [2.05, 4.69) is 15.4 Å². The van der Waals surface area contributed by atoms with E-state index in [1.165, 1.54) is 20.2 Å². The number of nitrogens with one attached hydrogen (secondary N) is 2.